The number of carboxylic acids is 1. The maximum atomic E-state index is 12.8. The van der Waals surface area contributed by atoms with Crippen molar-refractivity contribution in [3.8, 4) is 0 Å². The van der Waals surface area contributed by atoms with Crippen LogP contribution in [0.3, 0.4) is 0 Å². The van der Waals surface area contributed by atoms with Crippen molar-refractivity contribution in [1.82, 2.24) is 0 Å². The van der Waals surface area contributed by atoms with Gasteiger partial charge in [-0.1, -0.05) is 0 Å². The molecular formula is C8H7F7O2. The molecule has 0 saturated heterocycles. The number of alkyl halides is 7. The van der Waals surface area contributed by atoms with E-state index >= 15 is 0 Å². The van der Waals surface area contributed by atoms with Crippen LogP contribution in [-0.2, 0) is 4.79 Å². The molecule has 1 N–H and O–H groups in total. The average molecular weight is 268 g/mol. The first-order valence-corrected chi connectivity index (χ1v) is 4.01. The highest BCUT2D eigenvalue weighted by Crippen LogP contribution is 2.46. The predicted octanol–water partition coefficient (Wildman–Crippen LogP) is 2.89. The van der Waals surface area contributed by atoms with Crippen LogP contribution in [-0.4, -0.2) is 35.5 Å². The highest BCUT2D eigenvalue weighted by atomic mass is 19.3. The van der Waals surface area contributed by atoms with Gasteiger partial charge in [0, 0.05) is 11.6 Å². The lowest BCUT2D eigenvalue weighted by molar-refractivity contribution is -0.295. The van der Waals surface area contributed by atoms with Gasteiger partial charge in [-0.05, 0) is 6.92 Å². The first-order valence-electron chi connectivity index (χ1n) is 4.01. The number of carbonyl (C=O) groups is 1. The molecule has 0 radical (unpaired) electrons. The van der Waals surface area contributed by atoms with Crippen LogP contribution in [0.2, 0.25) is 0 Å². The molecular weight excluding hydrogens is 261 g/mol. The third-order valence-electron chi connectivity index (χ3n) is 1.78. The predicted molar refractivity (Wildman–Crippen MR) is 42.2 cm³/mol. The maximum Gasteiger partial charge on any atom is 0.378 e. The topological polar surface area (TPSA) is 37.3 Å². The van der Waals surface area contributed by atoms with Gasteiger partial charge in [0.05, 0.1) is 0 Å². The summed E-state index contributed by atoms with van der Waals surface area (Å²) in [6.45, 7) is -2.48. The Morgan fingerprint density at radius 1 is 1.18 bits per heavy atom. The molecule has 0 unspecified atom stereocenters. The molecule has 0 amide bonds. The van der Waals surface area contributed by atoms with E-state index in [9.17, 15) is 35.5 Å². The van der Waals surface area contributed by atoms with E-state index in [1.807, 2.05) is 0 Å². The van der Waals surface area contributed by atoms with Gasteiger partial charge in [0.15, 0.2) is 6.67 Å². The fourth-order valence-corrected chi connectivity index (χ4v) is 0.752. The molecule has 17 heavy (non-hydrogen) atoms. The second-order valence-corrected chi connectivity index (χ2v) is 3.17. The molecule has 0 rings (SSSR count). The smallest absolute Gasteiger partial charge is 0.378 e. The van der Waals surface area contributed by atoms with Crippen molar-refractivity contribution in [2.45, 2.75) is 24.7 Å². The molecule has 0 heterocycles. The summed E-state index contributed by atoms with van der Waals surface area (Å²) in [4.78, 5) is 10.1. The number of carboxylic acid groups (broad SMARTS) is 1. The van der Waals surface area contributed by atoms with Gasteiger partial charge in [0.25, 0.3) is 0 Å². The zero-order valence-electron chi connectivity index (χ0n) is 8.29. The third kappa shape index (κ3) is 2.89. The van der Waals surface area contributed by atoms with Crippen LogP contribution >= 0.6 is 0 Å². The minimum absolute atomic E-state index is 0.514. The summed E-state index contributed by atoms with van der Waals surface area (Å²) in [6, 6.07) is 0. The third-order valence-corrected chi connectivity index (χ3v) is 1.78. The summed E-state index contributed by atoms with van der Waals surface area (Å²) in [7, 11) is 0. The fraction of sp³-hybridized carbons (Fsp3) is 0.625. The van der Waals surface area contributed by atoms with Gasteiger partial charge in [-0.2, -0.15) is 26.3 Å². The zero-order valence-corrected chi connectivity index (χ0v) is 8.29. The largest absolute Gasteiger partial charge is 0.478 e. The van der Waals surface area contributed by atoms with Crippen molar-refractivity contribution in [3.63, 3.8) is 0 Å². The van der Waals surface area contributed by atoms with E-state index in [0.717, 1.165) is 0 Å². The number of aliphatic carboxylic acids is 1. The molecule has 0 aliphatic heterocycles. The molecule has 0 aromatic heterocycles. The first-order chi connectivity index (χ1) is 7.39. The van der Waals surface area contributed by atoms with Crippen LogP contribution < -0.4 is 0 Å². The van der Waals surface area contributed by atoms with Gasteiger partial charge in [0.1, 0.15) is 0 Å². The molecule has 0 bridgehead atoms. The highest BCUT2D eigenvalue weighted by Gasteiger charge is 2.70. The molecule has 0 aliphatic rings. The number of hydrogen-bond donors (Lipinski definition) is 1. The molecule has 2 nitrogen and oxygen atoms in total. The number of allylic oxidation sites excluding steroid dienone is 1. The SMILES string of the molecule is CC(=CC(F)(F)C(F)(F)C(F)(F)CF)C(=O)O. The Balaban J connectivity index is 5.46. The lowest BCUT2D eigenvalue weighted by Crippen LogP contribution is -2.54. The molecule has 0 aliphatic carbocycles. The van der Waals surface area contributed by atoms with E-state index in [1.54, 1.807) is 0 Å². The van der Waals surface area contributed by atoms with Crippen LogP contribution in [0.5, 0.6) is 0 Å². The molecule has 0 atom stereocenters. The normalized spacial score (nSPS) is 14.9. The fourth-order valence-electron chi connectivity index (χ4n) is 0.752. The van der Waals surface area contributed by atoms with Crippen LogP contribution in [0.15, 0.2) is 11.6 Å². The van der Waals surface area contributed by atoms with E-state index in [1.165, 1.54) is 0 Å². The van der Waals surface area contributed by atoms with Crippen molar-refractivity contribution in [1.29, 1.82) is 0 Å². The summed E-state index contributed by atoms with van der Waals surface area (Å²) in [6.07, 6.45) is -0.834. The van der Waals surface area contributed by atoms with Gasteiger partial charge >= 0.3 is 23.7 Å². The van der Waals surface area contributed by atoms with Crippen LogP contribution in [0.25, 0.3) is 0 Å². The van der Waals surface area contributed by atoms with Crippen LogP contribution in [0.1, 0.15) is 6.92 Å². The lowest BCUT2D eigenvalue weighted by atomic mass is 10.0. The Labute approximate surface area is 90.7 Å². The minimum atomic E-state index is -6.02. The summed E-state index contributed by atoms with van der Waals surface area (Å²) >= 11 is 0. The monoisotopic (exact) mass is 268 g/mol. The summed E-state index contributed by atoms with van der Waals surface area (Å²) < 4.78 is 87.0. The molecule has 0 aromatic rings. The Morgan fingerprint density at radius 2 is 1.59 bits per heavy atom. The Kier molecular flexibility index (Phi) is 4.19. The second kappa shape index (κ2) is 4.53. The number of hydrogen-bond acceptors (Lipinski definition) is 1. The molecule has 0 fully saturated rings. The first kappa shape index (κ1) is 15.7. The van der Waals surface area contributed by atoms with E-state index in [0.29, 0.717) is 6.92 Å². The molecule has 9 heteroatoms. The standard InChI is InChI=1S/C8H7F7O2/c1-4(5(16)17)2-6(10,11)8(14,15)7(12,13)3-9/h2H,3H2,1H3,(H,16,17). The highest BCUT2D eigenvalue weighted by molar-refractivity contribution is 5.86. The second-order valence-electron chi connectivity index (χ2n) is 3.17. The van der Waals surface area contributed by atoms with Crippen molar-refractivity contribution in [3.05, 3.63) is 11.6 Å². The number of halogens is 7. The lowest BCUT2D eigenvalue weighted by Gasteiger charge is -2.29. The van der Waals surface area contributed by atoms with E-state index in [2.05, 4.69) is 0 Å². The van der Waals surface area contributed by atoms with Crippen molar-refractivity contribution in [2.75, 3.05) is 6.67 Å². The van der Waals surface area contributed by atoms with Gasteiger partial charge in [-0.25, -0.2) is 9.18 Å². The zero-order chi connectivity index (χ0) is 14.1. The van der Waals surface area contributed by atoms with Crippen LogP contribution in [0.4, 0.5) is 30.7 Å². The maximum absolute atomic E-state index is 12.8. The molecule has 0 saturated carbocycles. The van der Waals surface area contributed by atoms with Crippen LogP contribution in [0, 0.1) is 0 Å². The van der Waals surface area contributed by atoms with Gasteiger partial charge in [0.2, 0.25) is 0 Å². The molecule has 0 spiro atoms. The van der Waals surface area contributed by atoms with Gasteiger partial charge in [-0.15, -0.1) is 0 Å². The summed E-state index contributed by atoms with van der Waals surface area (Å²) in [5, 5.41) is 8.16. The van der Waals surface area contributed by atoms with Crippen molar-refractivity contribution < 1.29 is 40.6 Å². The van der Waals surface area contributed by atoms with E-state index in [-0.39, 0.29) is 0 Å². The van der Waals surface area contributed by atoms with Gasteiger partial charge in [-0.3, -0.25) is 0 Å². The average Bonchev–Trinajstić information content (AvgIpc) is 2.16. The van der Waals surface area contributed by atoms with Crippen molar-refractivity contribution >= 4 is 5.97 Å². The summed E-state index contributed by atoms with van der Waals surface area (Å²) in [5.41, 5.74) is -1.26. The number of rotatable bonds is 5. The minimum Gasteiger partial charge on any atom is -0.478 e. The Hall–Kier alpha value is -1.28. The van der Waals surface area contributed by atoms with Crippen molar-refractivity contribution in [2.24, 2.45) is 0 Å². The Bertz CT molecular complexity index is 335. The quantitative estimate of drug-likeness (QED) is 0.615. The Morgan fingerprint density at radius 3 is 1.88 bits per heavy atom. The van der Waals surface area contributed by atoms with Gasteiger partial charge < -0.3 is 5.11 Å². The molecule has 0 aromatic carbocycles. The van der Waals surface area contributed by atoms with E-state index in [4.69, 9.17) is 5.11 Å². The van der Waals surface area contributed by atoms with E-state index < -0.39 is 42.1 Å². The molecule has 100 valence electrons. The summed E-state index contributed by atoms with van der Waals surface area (Å²) in [5.74, 6) is -19.1.